The lowest BCUT2D eigenvalue weighted by Gasteiger charge is -2.18. The van der Waals surface area contributed by atoms with E-state index in [0.29, 0.717) is 11.3 Å². The molecule has 5 nitrogen and oxygen atoms in total. The van der Waals surface area contributed by atoms with Gasteiger partial charge in [-0.2, -0.15) is 0 Å². The van der Waals surface area contributed by atoms with E-state index in [2.05, 4.69) is 5.32 Å². The number of nitrogen functional groups attached to an aromatic ring is 1. The Bertz CT molecular complexity index is 641. The zero-order valence-electron chi connectivity index (χ0n) is 11.3. The fourth-order valence-electron chi connectivity index (χ4n) is 2.05. The third-order valence-corrected chi connectivity index (χ3v) is 3.09. The molecule has 2 aromatic carbocycles. The minimum absolute atomic E-state index is 0.192. The van der Waals surface area contributed by atoms with Crippen LogP contribution in [0.3, 0.4) is 0 Å². The van der Waals surface area contributed by atoms with Crippen LogP contribution in [-0.4, -0.2) is 17.0 Å². The number of carboxylic acids is 1. The first-order valence-electron chi connectivity index (χ1n) is 6.50. The first kappa shape index (κ1) is 14.6. The van der Waals surface area contributed by atoms with Crippen LogP contribution in [-0.2, 0) is 4.79 Å². The van der Waals surface area contributed by atoms with Gasteiger partial charge in [0, 0.05) is 5.69 Å². The third kappa shape index (κ3) is 3.82. The summed E-state index contributed by atoms with van der Waals surface area (Å²) in [6.45, 7) is 0. The number of carbonyl (C=O) groups excluding carboxylic acids is 1. The second-order valence-corrected chi connectivity index (χ2v) is 4.62. The SMILES string of the molecule is Nc1ccccc1C(=O)NC(CC(=O)O)c1ccccc1. The predicted octanol–water partition coefficient (Wildman–Crippen LogP) is 2.21. The van der Waals surface area contributed by atoms with Crippen molar-refractivity contribution in [1.29, 1.82) is 0 Å². The number of nitrogens with one attached hydrogen (secondary N) is 1. The van der Waals surface area contributed by atoms with Crippen molar-refractivity contribution in [2.45, 2.75) is 12.5 Å². The molecule has 0 aliphatic carbocycles. The molecule has 4 N–H and O–H groups in total. The summed E-state index contributed by atoms with van der Waals surface area (Å²) in [5.74, 6) is -1.37. The van der Waals surface area contributed by atoms with E-state index in [4.69, 9.17) is 10.8 Å². The summed E-state index contributed by atoms with van der Waals surface area (Å²) in [6, 6.07) is 15.1. The van der Waals surface area contributed by atoms with Gasteiger partial charge in [0.25, 0.3) is 5.91 Å². The van der Waals surface area contributed by atoms with Crippen LogP contribution < -0.4 is 11.1 Å². The summed E-state index contributed by atoms with van der Waals surface area (Å²) in [7, 11) is 0. The van der Waals surface area contributed by atoms with Gasteiger partial charge in [0.05, 0.1) is 18.0 Å². The van der Waals surface area contributed by atoms with Crippen LogP contribution in [0.5, 0.6) is 0 Å². The number of amides is 1. The summed E-state index contributed by atoms with van der Waals surface area (Å²) in [5, 5.41) is 11.7. The molecule has 0 aromatic heterocycles. The van der Waals surface area contributed by atoms with E-state index < -0.39 is 12.0 Å². The van der Waals surface area contributed by atoms with Crippen LogP contribution in [0.25, 0.3) is 0 Å². The number of aliphatic carboxylic acids is 1. The zero-order chi connectivity index (χ0) is 15.2. The van der Waals surface area contributed by atoms with Gasteiger partial charge in [-0.3, -0.25) is 9.59 Å². The van der Waals surface area contributed by atoms with Crippen LogP contribution in [0.2, 0.25) is 0 Å². The molecule has 2 rings (SSSR count). The number of hydrogen-bond acceptors (Lipinski definition) is 3. The van der Waals surface area contributed by atoms with Gasteiger partial charge in [0.2, 0.25) is 0 Å². The van der Waals surface area contributed by atoms with E-state index in [1.54, 1.807) is 48.5 Å². The molecule has 1 atom stereocenters. The first-order chi connectivity index (χ1) is 10.1. The topological polar surface area (TPSA) is 92.4 Å². The summed E-state index contributed by atoms with van der Waals surface area (Å²) >= 11 is 0. The molecule has 0 radical (unpaired) electrons. The second kappa shape index (κ2) is 6.56. The Morgan fingerprint density at radius 1 is 1.05 bits per heavy atom. The minimum atomic E-state index is -0.981. The van der Waals surface area contributed by atoms with Gasteiger partial charge >= 0.3 is 5.97 Å². The molecule has 0 bridgehead atoms. The largest absolute Gasteiger partial charge is 0.481 e. The van der Waals surface area contributed by atoms with Crippen LogP contribution in [0.1, 0.15) is 28.4 Å². The number of carbonyl (C=O) groups is 2. The van der Waals surface area contributed by atoms with Gasteiger partial charge in [0.1, 0.15) is 0 Å². The smallest absolute Gasteiger partial charge is 0.305 e. The molecule has 0 saturated heterocycles. The number of rotatable bonds is 5. The molecule has 0 spiro atoms. The van der Waals surface area contributed by atoms with Crippen molar-refractivity contribution in [3.05, 3.63) is 65.7 Å². The van der Waals surface area contributed by atoms with Crippen LogP contribution >= 0.6 is 0 Å². The molecule has 0 aliphatic rings. The number of para-hydroxylation sites is 1. The highest BCUT2D eigenvalue weighted by Crippen LogP contribution is 2.18. The van der Waals surface area contributed by atoms with Crippen molar-refractivity contribution in [3.63, 3.8) is 0 Å². The van der Waals surface area contributed by atoms with Crippen molar-refractivity contribution >= 4 is 17.6 Å². The Hall–Kier alpha value is -2.82. The van der Waals surface area contributed by atoms with E-state index in [1.165, 1.54) is 0 Å². The molecule has 2 aromatic rings. The maximum Gasteiger partial charge on any atom is 0.305 e. The summed E-state index contributed by atoms with van der Waals surface area (Å²) in [4.78, 5) is 23.2. The van der Waals surface area contributed by atoms with Crippen molar-refractivity contribution in [3.8, 4) is 0 Å². The number of anilines is 1. The Balaban J connectivity index is 2.21. The van der Waals surface area contributed by atoms with E-state index in [0.717, 1.165) is 5.56 Å². The zero-order valence-corrected chi connectivity index (χ0v) is 11.3. The number of carboxylic acid groups (broad SMARTS) is 1. The highest BCUT2D eigenvalue weighted by atomic mass is 16.4. The fraction of sp³-hybridized carbons (Fsp3) is 0.125. The number of nitrogens with two attached hydrogens (primary N) is 1. The molecule has 21 heavy (non-hydrogen) atoms. The van der Waals surface area contributed by atoms with E-state index >= 15 is 0 Å². The molecular formula is C16H16N2O3. The quantitative estimate of drug-likeness (QED) is 0.734. The maximum absolute atomic E-state index is 12.2. The summed E-state index contributed by atoms with van der Waals surface area (Å²) < 4.78 is 0. The molecule has 0 saturated carbocycles. The standard InChI is InChI=1S/C16H16N2O3/c17-13-9-5-4-8-12(13)16(21)18-14(10-15(19)20)11-6-2-1-3-7-11/h1-9,14H,10,17H2,(H,18,21)(H,19,20). The molecule has 5 heteroatoms. The third-order valence-electron chi connectivity index (χ3n) is 3.09. The molecule has 0 fully saturated rings. The van der Waals surface area contributed by atoms with Crippen LogP contribution in [0.15, 0.2) is 54.6 Å². The van der Waals surface area contributed by atoms with Crippen molar-refractivity contribution in [2.24, 2.45) is 0 Å². The molecule has 108 valence electrons. The van der Waals surface area contributed by atoms with Crippen LogP contribution in [0.4, 0.5) is 5.69 Å². The van der Waals surface area contributed by atoms with E-state index in [1.807, 2.05) is 6.07 Å². The summed E-state index contributed by atoms with van der Waals surface area (Å²) in [5.41, 5.74) is 7.19. The highest BCUT2D eigenvalue weighted by Gasteiger charge is 2.19. The van der Waals surface area contributed by atoms with Crippen molar-refractivity contribution < 1.29 is 14.7 Å². The fourth-order valence-corrected chi connectivity index (χ4v) is 2.05. The van der Waals surface area contributed by atoms with Crippen LogP contribution in [0, 0.1) is 0 Å². The second-order valence-electron chi connectivity index (χ2n) is 4.62. The highest BCUT2D eigenvalue weighted by molar-refractivity contribution is 5.99. The lowest BCUT2D eigenvalue weighted by atomic mass is 10.0. The Labute approximate surface area is 122 Å². The number of hydrogen-bond donors (Lipinski definition) is 3. The van der Waals surface area contributed by atoms with Gasteiger partial charge < -0.3 is 16.2 Å². The van der Waals surface area contributed by atoms with Crippen molar-refractivity contribution in [1.82, 2.24) is 5.32 Å². The normalized spacial score (nSPS) is 11.6. The Morgan fingerprint density at radius 3 is 2.29 bits per heavy atom. The van der Waals surface area contributed by atoms with Gasteiger partial charge in [-0.15, -0.1) is 0 Å². The average molecular weight is 284 g/mol. The predicted molar refractivity (Wildman–Crippen MR) is 79.8 cm³/mol. The Morgan fingerprint density at radius 2 is 1.67 bits per heavy atom. The van der Waals surface area contributed by atoms with Gasteiger partial charge in [-0.05, 0) is 17.7 Å². The van der Waals surface area contributed by atoms with Crippen molar-refractivity contribution in [2.75, 3.05) is 5.73 Å². The van der Waals surface area contributed by atoms with Gasteiger partial charge in [-0.1, -0.05) is 42.5 Å². The lowest BCUT2D eigenvalue weighted by molar-refractivity contribution is -0.137. The molecule has 0 aliphatic heterocycles. The Kier molecular flexibility index (Phi) is 4.56. The van der Waals surface area contributed by atoms with Gasteiger partial charge in [-0.25, -0.2) is 0 Å². The summed E-state index contributed by atoms with van der Waals surface area (Å²) in [6.07, 6.45) is -0.192. The average Bonchev–Trinajstić information content (AvgIpc) is 2.47. The van der Waals surface area contributed by atoms with Gasteiger partial charge in [0.15, 0.2) is 0 Å². The van der Waals surface area contributed by atoms with E-state index in [9.17, 15) is 9.59 Å². The molecule has 0 heterocycles. The lowest BCUT2D eigenvalue weighted by Crippen LogP contribution is -2.30. The minimum Gasteiger partial charge on any atom is -0.481 e. The number of benzene rings is 2. The molecule has 1 unspecified atom stereocenters. The first-order valence-corrected chi connectivity index (χ1v) is 6.50. The van der Waals surface area contributed by atoms with E-state index in [-0.39, 0.29) is 12.3 Å². The maximum atomic E-state index is 12.2. The molecular weight excluding hydrogens is 268 g/mol. The molecule has 1 amide bonds. The monoisotopic (exact) mass is 284 g/mol.